The molecule has 1 N–H and O–H groups in total. The Morgan fingerprint density at radius 3 is 2.12 bits per heavy atom. The maximum atomic E-state index is 11.1. The van der Waals surface area contributed by atoms with E-state index < -0.39 is 12.3 Å². The first-order valence-electron chi connectivity index (χ1n) is 5.77. The van der Waals surface area contributed by atoms with Crippen molar-refractivity contribution in [1.82, 2.24) is 0 Å². The molecular formula is C11H23NO5. The zero-order chi connectivity index (χ0) is 13.4. The molecule has 0 aromatic rings. The van der Waals surface area contributed by atoms with Gasteiger partial charge in [0.2, 0.25) is 6.04 Å². The topological polar surface area (TPSA) is 81.8 Å². The van der Waals surface area contributed by atoms with Crippen LogP contribution in [-0.2, 0) is 9.47 Å². The van der Waals surface area contributed by atoms with Crippen LogP contribution >= 0.6 is 0 Å². The smallest absolute Gasteiger partial charge is 0.218 e. The van der Waals surface area contributed by atoms with E-state index in [1.807, 2.05) is 6.92 Å². The third-order valence-corrected chi connectivity index (χ3v) is 3.08. The molecule has 0 aliphatic carbocycles. The summed E-state index contributed by atoms with van der Waals surface area (Å²) in [6.45, 7) is 3.57. The van der Waals surface area contributed by atoms with Crippen LogP contribution in [0.15, 0.2) is 0 Å². The number of hydrogen-bond acceptors (Lipinski definition) is 5. The van der Waals surface area contributed by atoms with Crippen LogP contribution in [0.5, 0.6) is 0 Å². The third-order valence-electron chi connectivity index (χ3n) is 3.08. The summed E-state index contributed by atoms with van der Waals surface area (Å²) in [5, 5.41) is 19.9. The van der Waals surface area contributed by atoms with Gasteiger partial charge in [0.05, 0.1) is 0 Å². The van der Waals surface area contributed by atoms with Crippen molar-refractivity contribution in [2.24, 2.45) is 11.8 Å². The number of methoxy groups -OCH3 is 2. The maximum Gasteiger partial charge on any atom is 0.218 e. The number of nitro groups is 1. The van der Waals surface area contributed by atoms with E-state index in [1.54, 1.807) is 6.92 Å². The molecule has 1 unspecified atom stereocenters. The van der Waals surface area contributed by atoms with Gasteiger partial charge in [-0.2, -0.15) is 0 Å². The SMILES string of the molecule is COC(C[C@@H](C)C([C@H](C)CCO)[N+](=O)[O-])OC. The van der Waals surface area contributed by atoms with Gasteiger partial charge in [-0.05, 0) is 6.42 Å². The van der Waals surface area contributed by atoms with Crippen molar-refractivity contribution >= 4 is 0 Å². The normalized spacial score (nSPS) is 16.8. The van der Waals surface area contributed by atoms with Gasteiger partial charge in [0.25, 0.3) is 0 Å². The summed E-state index contributed by atoms with van der Waals surface area (Å²) >= 11 is 0. The quantitative estimate of drug-likeness (QED) is 0.378. The Morgan fingerprint density at radius 1 is 1.24 bits per heavy atom. The standard InChI is InChI=1S/C11H23NO5/c1-8(5-6-13)11(12(14)15)9(2)7-10(16-3)17-4/h8-11,13H,5-7H2,1-4H3/t8-,9-,11?/m1/s1. The van der Waals surface area contributed by atoms with E-state index >= 15 is 0 Å². The predicted molar refractivity (Wildman–Crippen MR) is 63.2 cm³/mol. The van der Waals surface area contributed by atoms with E-state index in [0.717, 1.165) is 0 Å². The van der Waals surface area contributed by atoms with Gasteiger partial charge >= 0.3 is 0 Å². The summed E-state index contributed by atoms with van der Waals surface area (Å²) in [5.41, 5.74) is 0. The van der Waals surface area contributed by atoms with Crippen LogP contribution in [0.25, 0.3) is 0 Å². The minimum Gasteiger partial charge on any atom is -0.396 e. The molecule has 0 aliphatic heterocycles. The number of ether oxygens (including phenoxy) is 2. The molecule has 0 fully saturated rings. The third kappa shape index (κ3) is 5.43. The molecule has 0 saturated heterocycles. The molecule has 0 bridgehead atoms. The molecule has 0 aromatic carbocycles. The summed E-state index contributed by atoms with van der Waals surface area (Å²) in [4.78, 5) is 10.8. The van der Waals surface area contributed by atoms with E-state index in [4.69, 9.17) is 14.6 Å². The van der Waals surface area contributed by atoms with Crippen LogP contribution in [0.3, 0.4) is 0 Å². The molecule has 0 saturated carbocycles. The lowest BCUT2D eigenvalue weighted by Crippen LogP contribution is -2.36. The lowest BCUT2D eigenvalue weighted by atomic mass is 9.87. The fourth-order valence-electron chi connectivity index (χ4n) is 2.08. The molecule has 0 heterocycles. The average Bonchev–Trinajstić information content (AvgIpc) is 2.25. The van der Waals surface area contributed by atoms with Crippen molar-refractivity contribution in [2.45, 2.75) is 39.0 Å². The van der Waals surface area contributed by atoms with Crippen LogP contribution in [-0.4, -0.2) is 43.2 Å². The number of nitrogens with zero attached hydrogens (tertiary/aromatic N) is 1. The molecule has 0 amide bonds. The monoisotopic (exact) mass is 249 g/mol. The zero-order valence-electron chi connectivity index (χ0n) is 11.0. The maximum absolute atomic E-state index is 11.1. The van der Waals surface area contributed by atoms with E-state index in [-0.39, 0.29) is 23.4 Å². The van der Waals surface area contributed by atoms with Crippen molar-refractivity contribution < 1.29 is 19.5 Å². The van der Waals surface area contributed by atoms with Gasteiger partial charge in [-0.3, -0.25) is 10.1 Å². The van der Waals surface area contributed by atoms with E-state index in [9.17, 15) is 10.1 Å². The van der Waals surface area contributed by atoms with Gasteiger partial charge in [0.1, 0.15) is 0 Å². The summed E-state index contributed by atoms with van der Waals surface area (Å²) in [6, 6.07) is -0.685. The van der Waals surface area contributed by atoms with Crippen LogP contribution < -0.4 is 0 Å². The molecule has 0 spiro atoms. The molecule has 17 heavy (non-hydrogen) atoms. The minimum absolute atomic E-state index is 0.0315. The molecule has 0 radical (unpaired) electrons. The molecule has 6 nitrogen and oxygen atoms in total. The van der Waals surface area contributed by atoms with Crippen LogP contribution in [0.4, 0.5) is 0 Å². The van der Waals surface area contributed by atoms with Gasteiger partial charge in [-0.1, -0.05) is 13.8 Å². The van der Waals surface area contributed by atoms with Crippen molar-refractivity contribution in [3.8, 4) is 0 Å². The van der Waals surface area contributed by atoms with Crippen LogP contribution in [0.1, 0.15) is 26.7 Å². The molecule has 0 aliphatic rings. The Labute approximate surface area is 102 Å². The largest absolute Gasteiger partial charge is 0.396 e. The van der Waals surface area contributed by atoms with Gasteiger partial charge < -0.3 is 14.6 Å². The number of aliphatic hydroxyl groups excluding tert-OH is 1. The second-order valence-electron chi connectivity index (χ2n) is 4.38. The first-order chi connectivity index (χ1) is 7.97. The van der Waals surface area contributed by atoms with Gasteiger partial charge in [-0.25, -0.2) is 0 Å². The highest BCUT2D eigenvalue weighted by atomic mass is 16.7. The fourth-order valence-corrected chi connectivity index (χ4v) is 2.08. The van der Waals surface area contributed by atoms with Gasteiger partial charge in [-0.15, -0.1) is 0 Å². The van der Waals surface area contributed by atoms with E-state index in [1.165, 1.54) is 14.2 Å². The highest BCUT2D eigenvalue weighted by Gasteiger charge is 2.34. The first-order valence-corrected chi connectivity index (χ1v) is 5.77. The zero-order valence-corrected chi connectivity index (χ0v) is 11.0. The number of hydrogen-bond donors (Lipinski definition) is 1. The second kappa shape index (κ2) is 8.38. The lowest BCUT2D eigenvalue weighted by molar-refractivity contribution is -0.542. The highest BCUT2D eigenvalue weighted by Crippen LogP contribution is 2.23. The molecule has 0 rings (SSSR count). The number of rotatable bonds is 9. The highest BCUT2D eigenvalue weighted by molar-refractivity contribution is 4.73. The Bertz CT molecular complexity index is 220. The Morgan fingerprint density at radius 2 is 1.76 bits per heavy atom. The Balaban J connectivity index is 4.53. The number of aliphatic hydroxyl groups is 1. The van der Waals surface area contributed by atoms with Gasteiger partial charge in [0, 0.05) is 44.0 Å². The average molecular weight is 249 g/mol. The van der Waals surface area contributed by atoms with Crippen molar-refractivity contribution in [3.05, 3.63) is 10.1 Å². The van der Waals surface area contributed by atoms with Crippen molar-refractivity contribution in [3.63, 3.8) is 0 Å². The van der Waals surface area contributed by atoms with Crippen LogP contribution in [0.2, 0.25) is 0 Å². The van der Waals surface area contributed by atoms with Crippen molar-refractivity contribution in [1.29, 1.82) is 0 Å². The van der Waals surface area contributed by atoms with E-state index in [2.05, 4.69) is 0 Å². The predicted octanol–water partition coefficient (Wildman–Crippen LogP) is 1.30. The second-order valence-corrected chi connectivity index (χ2v) is 4.38. The van der Waals surface area contributed by atoms with E-state index in [0.29, 0.717) is 12.8 Å². The van der Waals surface area contributed by atoms with Crippen LogP contribution in [0, 0.1) is 22.0 Å². The summed E-state index contributed by atoms with van der Waals surface area (Å²) < 4.78 is 10.1. The minimum atomic E-state index is -0.685. The Kier molecular flexibility index (Phi) is 8.03. The summed E-state index contributed by atoms with van der Waals surface area (Å²) in [7, 11) is 3.03. The first kappa shape index (κ1) is 16.3. The Hall–Kier alpha value is -0.720. The molecule has 0 aromatic heterocycles. The molecule has 6 heteroatoms. The lowest BCUT2D eigenvalue weighted by Gasteiger charge is -2.24. The summed E-state index contributed by atoms with van der Waals surface area (Å²) in [5.74, 6) is -0.337. The summed E-state index contributed by atoms with van der Waals surface area (Å²) in [6.07, 6.45) is 0.475. The van der Waals surface area contributed by atoms with Gasteiger partial charge in [0.15, 0.2) is 6.29 Å². The molecule has 3 atom stereocenters. The van der Waals surface area contributed by atoms with Crippen molar-refractivity contribution in [2.75, 3.05) is 20.8 Å². The molecule has 102 valence electrons. The molecular weight excluding hydrogens is 226 g/mol. The fraction of sp³-hybridized carbons (Fsp3) is 1.00.